The molecule has 0 spiro atoms. The molecule has 3 unspecified atom stereocenters. The number of hydrogen-bond donors (Lipinski definition) is 2. The van der Waals surface area contributed by atoms with Gasteiger partial charge in [0.25, 0.3) is 0 Å². The van der Waals surface area contributed by atoms with Crippen molar-refractivity contribution in [1.29, 1.82) is 0 Å². The summed E-state index contributed by atoms with van der Waals surface area (Å²) in [5.41, 5.74) is 10.3. The van der Waals surface area contributed by atoms with Gasteiger partial charge in [-0.3, -0.25) is 4.90 Å². The second kappa shape index (κ2) is 8.90. The number of halogens is 1. The zero-order valence-corrected chi connectivity index (χ0v) is 23.5. The van der Waals surface area contributed by atoms with Crippen molar-refractivity contribution in [2.24, 2.45) is 23.2 Å². The van der Waals surface area contributed by atoms with Gasteiger partial charge in [-0.05, 0) is 85.1 Å². The maximum atomic E-state index is 15.3. The average molecular weight is 543 g/mol. The van der Waals surface area contributed by atoms with Crippen LogP contribution >= 0.6 is 0 Å². The van der Waals surface area contributed by atoms with E-state index in [4.69, 9.17) is 10.7 Å². The summed E-state index contributed by atoms with van der Waals surface area (Å²) in [5.74, 6) is 4.08. The van der Waals surface area contributed by atoms with Crippen LogP contribution in [-0.2, 0) is 6.42 Å². The number of hydrogen-bond acceptors (Lipinski definition) is 7. The van der Waals surface area contributed by atoms with E-state index in [9.17, 15) is 0 Å². The van der Waals surface area contributed by atoms with Gasteiger partial charge in [-0.15, -0.1) is 5.10 Å². The summed E-state index contributed by atoms with van der Waals surface area (Å²) in [5, 5.41) is 7.71. The van der Waals surface area contributed by atoms with Crippen LogP contribution in [0.25, 0.3) is 5.82 Å². The number of nitrogen functional groups attached to an aromatic ring is 1. The minimum atomic E-state index is -0.233. The van der Waals surface area contributed by atoms with E-state index in [0.29, 0.717) is 34.5 Å². The Bertz CT molecular complexity index is 1460. The Labute approximate surface area is 235 Å². The number of benzene rings is 1. The van der Waals surface area contributed by atoms with E-state index in [1.54, 1.807) is 4.68 Å². The molecule has 1 saturated heterocycles. The summed E-state index contributed by atoms with van der Waals surface area (Å²) in [6.45, 7) is 8.46. The van der Waals surface area contributed by atoms with Crippen LogP contribution in [-0.4, -0.2) is 56.9 Å². The minimum Gasteiger partial charge on any atom is -0.368 e. The fourth-order valence-corrected chi connectivity index (χ4v) is 8.65. The lowest BCUT2D eigenvalue weighted by molar-refractivity contribution is 0.0155. The number of nitrogens with two attached hydrogens (primary N) is 1. The van der Waals surface area contributed by atoms with Crippen LogP contribution < -0.4 is 16.0 Å². The van der Waals surface area contributed by atoms with Gasteiger partial charge in [0.1, 0.15) is 5.82 Å². The molecule has 9 rings (SSSR count). The smallest absolute Gasteiger partial charge is 0.248 e. The van der Waals surface area contributed by atoms with E-state index < -0.39 is 0 Å². The zero-order chi connectivity index (χ0) is 27.2. The molecule has 0 amide bonds. The first-order valence-electron chi connectivity index (χ1n) is 15.1. The molecule has 9 heteroatoms. The second-order valence-corrected chi connectivity index (χ2v) is 13.5. The molecule has 5 aliphatic carbocycles. The van der Waals surface area contributed by atoms with E-state index >= 15 is 4.39 Å². The van der Waals surface area contributed by atoms with Crippen molar-refractivity contribution in [3.8, 4) is 5.82 Å². The van der Waals surface area contributed by atoms with Gasteiger partial charge in [0.15, 0.2) is 5.82 Å². The molecule has 210 valence electrons. The molecule has 3 heterocycles. The van der Waals surface area contributed by atoms with Gasteiger partial charge in [-0.25, -0.2) is 9.37 Å². The molecule has 0 radical (unpaired) electrons. The average Bonchev–Trinajstić information content (AvgIpc) is 3.69. The van der Waals surface area contributed by atoms with Crippen molar-refractivity contribution in [2.75, 3.05) is 42.1 Å². The Morgan fingerprint density at radius 1 is 1.00 bits per heavy atom. The standard InChI is InChI=1S/C31H39FN8/c1-31(2)21-15-20-5-8-27(35-28(20)23(31)16-21)40-29(33)36-30(37-40)34-22-6-7-25(24(32)17-22)38-9-11-39(12-10-38)26-14-18-3-4-19(26)13-18/h5-8,17-19,21,23,26H,3-4,9-16H2,1-2H3,(H3,33,34,36,37)/t18?,19?,21-,23+,26?/m0/s1. The van der Waals surface area contributed by atoms with Crippen LogP contribution in [0.1, 0.15) is 63.1 Å². The molecular weight excluding hydrogens is 503 g/mol. The predicted molar refractivity (Wildman–Crippen MR) is 155 cm³/mol. The van der Waals surface area contributed by atoms with Crippen molar-refractivity contribution in [2.45, 2.75) is 64.3 Å². The topological polar surface area (TPSA) is 88.1 Å². The van der Waals surface area contributed by atoms with E-state index in [2.05, 4.69) is 45.1 Å². The molecule has 3 saturated carbocycles. The Morgan fingerprint density at radius 3 is 2.58 bits per heavy atom. The van der Waals surface area contributed by atoms with Crippen LogP contribution in [0.15, 0.2) is 30.3 Å². The molecule has 4 bridgehead atoms. The Balaban J connectivity index is 0.948. The number of rotatable bonds is 5. The summed E-state index contributed by atoms with van der Waals surface area (Å²) in [7, 11) is 0. The number of nitrogens with one attached hydrogen (secondary N) is 1. The second-order valence-electron chi connectivity index (χ2n) is 13.5. The SMILES string of the molecule is CC1(C)[C@H]2Cc3ccc(-n4nc(Nc5ccc(N6CCN(C7CC8CCC7C8)CC6)c(F)c5)nc4N)nc3[C@H]1C2. The van der Waals surface area contributed by atoms with Crippen molar-refractivity contribution in [1.82, 2.24) is 24.6 Å². The third kappa shape index (κ3) is 3.84. The summed E-state index contributed by atoms with van der Waals surface area (Å²) >= 11 is 0. The lowest BCUT2D eigenvalue weighted by Gasteiger charge is -2.56. The van der Waals surface area contributed by atoms with Crippen molar-refractivity contribution in [3.63, 3.8) is 0 Å². The van der Waals surface area contributed by atoms with E-state index in [1.165, 1.54) is 49.4 Å². The van der Waals surface area contributed by atoms with E-state index in [1.807, 2.05) is 18.2 Å². The summed E-state index contributed by atoms with van der Waals surface area (Å²) in [4.78, 5) is 14.2. The number of pyridine rings is 1. The van der Waals surface area contributed by atoms with Crippen molar-refractivity contribution in [3.05, 3.63) is 47.4 Å². The van der Waals surface area contributed by atoms with Crippen LogP contribution in [0, 0.1) is 29.0 Å². The van der Waals surface area contributed by atoms with Crippen LogP contribution in [0.2, 0.25) is 0 Å². The highest BCUT2D eigenvalue weighted by atomic mass is 19.1. The molecule has 1 aromatic carbocycles. The van der Waals surface area contributed by atoms with Gasteiger partial charge in [0.2, 0.25) is 11.9 Å². The van der Waals surface area contributed by atoms with Crippen LogP contribution in [0.3, 0.4) is 0 Å². The highest BCUT2D eigenvalue weighted by molar-refractivity contribution is 5.61. The number of anilines is 4. The highest BCUT2D eigenvalue weighted by Gasteiger charge is 2.53. The van der Waals surface area contributed by atoms with E-state index in [-0.39, 0.29) is 11.8 Å². The Kier molecular flexibility index (Phi) is 5.47. The highest BCUT2D eigenvalue weighted by Crippen LogP contribution is 2.61. The molecular formula is C31H39FN8. The fourth-order valence-electron chi connectivity index (χ4n) is 8.65. The maximum absolute atomic E-state index is 15.3. The normalized spacial score (nSPS) is 30.3. The molecule has 5 atom stereocenters. The van der Waals surface area contributed by atoms with Gasteiger partial charge in [-0.1, -0.05) is 26.3 Å². The lowest BCUT2D eigenvalue weighted by Crippen LogP contribution is -2.52. The molecule has 3 aromatic rings. The van der Waals surface area contributed by atoms with Gasteiger partial charge >= 0.3 is 0 Å². The Hall–Kier alpha value is -3.20. The quantitative estimate of drug-likeness (QED) is 0.463. The molecule has 2 aromatic heterocycles. The maximum Gasteiger partial charge on any atom is 0.248 e. The number of piperazine rings is 1. The minimum absolute atomic E-state index is 0.233. The molecule has 4 fully saturated rings. The zero-order valence-electron chi connectivity index (χ0n) is 23.5. The summed E-state index contributed by atoms with van der Waals surface area (Å²) in [6, 6.07) is 10.2. The summed E-state index contributed by atoms with van der Waals surface area (Å²) < 4.78 is 16.9. The fraction of sp³-hybridized carbons (Fsp3) is 0.581. The van der Waals surface area contributed by atoms with Gasteiger partial charge < -0.3 is 16.0 Å². The Morgan fingerprint density at radius 2 is 1.85 bits per heavy atom. The molecule has 8 nitrogen and oxygen atoms in total. The molecule has 40 heavy (non-hydrogen) atoms. The first-order chi connectivity index (χ1) is 19.3. The molecule has 1 aliphatic heterocycles. The number of aromatic nitrogens is 4. The largest absolute Gasteiger partial charge is 0.368 e. The molecule has 3 N–H and O–H groups in total. The first-order valence-corrected chi connectivity index (χ1v) is 15.1. The third-order valence-corrected chi connectivity index (χ3v) is 11.1. The van der Waals surface area contributed by atoms with Gasteiger partial charge in [0, 0.05) is 49.5 Å². The lowest BCUT2D eigenvalue weighted by atomic mass is 9.48. The van der Waals surface area contributed by atoms with E-state index in [0.717, 1.165) is 56.4 Å². The van der Waals surface area contributed by atoms with Gasteiger partial charge in [-0.2, -0.15) is 9.67 Å². The predicted octanol–water partition coefficient (Wildman–Crippen LogP) is 5.12. The number of nitrogens with zero attached hydrogens (tertiary/aromatic N) is 6. The molecule has 6 aliphatic rings. The summed E-state index contributed by atoms with van der Waals surface area (Å²) in [6.07, 6.45) is 7.92. The number of fused-ring (bicyclic) bond motifs is 2. The van der Waals surface area contributed by atoms with Crippen LogP contribution in [0.4, 0.5) is 27.7 Å². The first kappa shape index (κ1) is 24.6. The van der Waals surface area contributed by atoms with Crippen molar-refractivity contribution >= 4 is 23.3 Å². The van der Waals surface area contributed by atoms with Crippen LogP contribution in [0.5, 0.6) is 0 Å². The van der Waals surface area contributed by atoms with Gasteiger partial charge in [0.05, 0.1) is 5.69 Å². The van der Waals surface area contributed by atoms with Crippen molar-refractivity contribution < 1.29 is 4.39 Å². The monoisotopic (exact) mass is 542 g/mol. The third-order valence-electron chi connectivity index (χ3n) is 11.1.